The third kappa shape index (κ3) is 3.47. The predicted octanol–water partition coefficient (Wildman–Crippen LogP) is 3.38. The number of nitrogens with zero attached hydrogens (tertiary/aromatic N) is 2. The van der Waals surface area contributed by atoms with Crippen molar-refractivity contribution < 1.29 is 0 Å². The molecule has 1 aliphatic rings. The van der Waals surface area contributed by atoms with Crippen molar-refractivity contribution >= 4 is 5.69 Å². The molecule has 1 N–H and O–H groups in total. The standard InChI is InChI=1S/C16H27N3/c1-12-6-5-7-14(10-12)19(4)15-8-9-16(18-11-15)13(2)17-3/h8-9,11-14,17H,5-7,10H2,1-4H3. The van der Waals surface area contributed by atoms with Gasteiger partial charge in [-0.3, -0.25) is 4.98 Å². The van der Waals surface area contributed by atoms with E-state index in [9.17, 15) is 0 Å². The fourth-order valence-electron chi connectivity index (χ4n) is 2.97. The normalized spacial score (nSPS) is 25.1. The first-order valence-corrected chi connectivity index (χ1v) is 7.48. The van der Waals surface area contributed by atoms with Gasteiger partial charge in [-0.2, -0.15) is 0 Å². The van der Waals surface area contributed by atoms with Crippen molar-refractivity contribution in [3.8, 4) is 0 Å². The lowest BCUT2D eigenvalue weighted by Crippen LogP contribution is -2.35. The summed E-state index contributed by atoms with van der Waals surface area (Å²) < 4.78 is 0. The van der Waals surface area contributed by atoms with Crippen LogP contribution in [-0.4, -0.2) is 25.1 Å². The largest absolute Gasteiger partial charge is 0.370 e. The summed E-state index contributed by atoms with van der Waals surface area (Å²) in [6, 6.07) is 5.33. The van der Waals surface area contributed by atoms with Crippen LogP contribution < -0.4 is 10.2 Å². The molecule has 0 saturated heterocycles. The Labute approximate surface area is 117 Å². The second-order valence-corrected chi connectivity index (χ2v) is 5.99. The number of nitrogens with one attached hydrogen (secondary N) is 1. The van der Waals surface area contributed by atoms with Gasteiger partial charge in [-0.15, -0.1) is 0 Å². The molecule has 0 radical (unpaired) electrons. The summed E-state index contributed by atoms with van der Waals surface area (Å²) in [5, 5.41) is 3.22. The predicted molar refractivity (Wildman–Crippen MR) is 81.5 cm³/mol. The topological polar surface area (TPSA) is 28.2 Å². The van der Waals surface area contributed by atoms with Crippen LogP contribution in [0.2, 0.25) is 0 Å². The fourth-order valence-corrected chi connectivity index (χ4v) is 2.97. The zero-order valence-electron chi connectivity index (χ0n) is 12.7. The molecule has 19 heavy (non-hydrogen) atoms. The third-order valence-corrected chi connectivity index (χ3v) is 4.51. The van der Waals surface area contributed by atoms with Gasteiger partial charge in [0.05, 0.1) is 17.6 Å². The third-order valence-electron chi connectivity index (χ3n) is 4.51. The number of hydrogen-bond acceptors (Lipinski definition) is 3. The van der Waals surface area contributed by atoms with Crippen molar-refractivity contribution in [2.75, 3.05) is 19.0 Å². The lowest BCUT2D eigenvalue weighted by Gasteiger charge is -2.35. The van der Waals surface area contributed by atoms with Gasteiger partial charge in [0.15, 0.2) is 0 Å². The molecule has 1 aromatic rings. The Bertz CT molecular complexity index is 387. The Balaban J connectivity index is 2.04. The van der Waals surface area contributed by atoms with Gasteiger partial charge in [-0.25, -0.2) is 0 Å². The van der Waals surface area contributed by atoms with Crippen molar-refractivity contribution in [3.05, 3.63) is 24.0 Å². The van der Waals surface area contributed by atoms with Gasteiger partial charge in [0.25, 0.3) is 0 Å². The Morgan fingerprint density at radius 2 is 2.16 bits per heavy atom. The monoisotopic (exact) mass is 261 g/mol. The van der Waals surface area contributed by atoms with Crippen LogP contribution >= 0.6 is 0 Å². The van der Waals surface area contributed by atoms with E-state index in [1.54, 1.807) is 0 Å². The van der Waals surface area contributed by atoms with E-state index in [-0.39, 0.29) is 0 Å². The fraction of sp³-hybridized carbons (Fsp3) is 0.688. The molecule has 2 rings (SSSR count). The molecule has 1 fully saturated rings. The van der Waals surface area contributed by atoms with Crippen molar-refractivity contribution in [1.29, 1.82) is 0 Å². The lowest BCUT2D eigenvalue weighted by atomic mass is 9.86. The highest BCUT2D eigenvalue weighted by Crippen LogP contribution is 2.29. The quantitative estimate of drug-likeness (QED) is 0.900. The first kappa shape index (κ1) is 14.3. The average Bonchev–Trinajstić information content (AvgIpc) is 2.46. The molecule has 1 saturated carbocycles. The molecule has 3 nitrogen and oxygen atoms in total. The van der Waals surface area contributed by atoms with Crippen LogP contribution in [0.3, 0.4) is 0 Å². The second kappa shape index (κ2) is 6.38. The maximum absolute atomic E-state index is 4.58. The summed E-state index contributed by atoms with van der Waals surface area (Å²) in [7, 11) is 4.18. The van der Waals surface area contributed by atoms with Gasteiger partial charge in [0.1, 0.15) is 0 Å². The molecule has 3 atom stereocenters. The van der Waals surface area contributed by atoms with E-state index in [2.05, 4.69) is 48.2 Å². The molecule has 0 spiro atoms. The molecule has 1 heterocycles. The van der Waals surface area contributed by atoms with Crippen LogP contribution in [0.15, 0.2) is 18.3 Å². The minimum Gasteiger partial charge on any atom is -0.370 e. The highest BCUT2D eigenvalue weighted by molar-refractivity contribution is 5.45. The summed E-state index contributed by atoms with van der Waals surface area (Å²) >= 11 is 0. The van der Waals surface area contributed by atoms with Crippen LogP contribution in [0.1, 0.15) is 51.3 Å². The number of aromatic nitrogens is 1. The van der Waals surface area contributed by atoms with Gasteiger partial charge in [-0.1, -0.05) is 19.8 Å². The summed E-state index contributed by atoms with van der Waals surface area (Å²) in [5.74, 6) is 0.859. The molecule has 0 aromatic carbocycles. The molecular weight excluding hydrogens is 234 g/mol. The van der Waals surface area contributed by atoms with Crippen molar-refractivity contribution in [2.45, 2.75) is 51.6 Å². The molecule has 0 bridgehead atoms. The molecule has 0 amide bonds. The Morgan fingerprint density at radius 3 is 2.74 bits per heavy atom. The number of rotatable bonds is 4. The van der Waals surface area contributed by atoms with E-state index in [4.69, 9.17) is 0 Å². The van der Waals surface area contributed by atoms with Crippen molar-refractivity contribution in [3.63, 3.8) is 0 Å². The molecule has 3 unspecified atom stereocenters. The average molecular weight is 261 g/mol. The van der Waals surface area contributed by atoms with Crippen molar-refractivity contribution in [1.82, 2.24) is 10.3 Å². The minimum atomic E-state index is 0.314. The van der Waals surface area contributed by atoms with E-state index < -0.39 is 0 Å². The summed E-state index contributed by atoms with van der Waals surface area (Å²) in [6.07, 6.45) is 7.39. The highest BCUT2D eigenvalue weighted by Gasteiger charge is 2.22. The van der Waals surface area contributed by atoms with Crippen LogP contribution in [0.4, 0.5) is 5.69 Å². The van der Waals surface area contributed by atoms with E-state index in [1.165, 1.54) is 31.4 Å². The van der Waals surface area contributed by atoms with Gasteiger partial charge >= 0.3 is 0 Å². The number of anilines is 1. The second-order valence-electron chi connectivity index (χ2n) is 5.99. The molecular formula is C16H27N3. The van der Waals surface area contributed by atoms with Gasteiger partial charge in [-0.05, 0) is 44.9 Å². The maximum atomic E-state index is 4.58. The van der Waals surface area contributed by atoms with Crippen LogP contribution in [0, 0.1) is 5.92 Å². The van der Waals surface area contributed by atoms with E-state index in [0.29, 0.717) is 12.1 Å². The Kier molecular flexibility index (Phi) is 4.81. The molecule has 106 valence electrons. The maximum Gasteiger partial charge on any atom is 0.0571 e. The van der Waals surface area contributed by atoms with E-state index in [1.807, 2.05) is 13.2 Å². The van der Waals surface area contributed by atoms with Gasteiger partial charge < -0.3 is 10.2 Å². The molecule has 3 heteroatoms. The number of pyridine rings is 1. The summed E-state index contributed by atoms with van der Waals surface area (Å²) in [6.45, 7) is 4.50. The SMILES string of the molecule is CNC(C)c1ccc(N(C)C2CCCC(C)C2)cn1. The zero-order valence-corrected chi connectivity index (χ0v) is 12.7. The van der Waals surface area contributed by atoms with E-state index in [0.717, 1.165) is 11.6 Å². The Hall–Kier alpha value is -1.09. The Morgan fingerprint density at radius 1 is 1.37 bits per heavy atom. The summed E-state index contributed by atoms with van der Waals surface area (Å²) in [4.78, 5) is 6.99. The van der Waals surface area contributed by atoms with Crippen LogP contribution in [0.5, 0.6) is 0 Å². The van der Waals surface area contributed by atoms with Gasteiger partial charge in [0, 0.05) is 19.1 Å². The molecule has 1 aromatic heterocycles. The molecule has 1 aliphatic carbocycles. The van der Waals surface area contributed by atoms with Crippen LogP contribution in [-0.2, 0) is 0 Å². The van der Waals surface area contributed by atoms with E-state index >= 15 is 0 Å². The minimum absolute atomic E-state index is 0.314. The number of hydrogen-bond donors (Lipinski definition) is 1. The molecule has 0 aliphatic heterocycles. The first-order chi connectivity index (χ1) is 9.11. The highest BCUT2D eigenvalue weighted by atomic mass is 15.1. The summed E-state index contributed by atoms with van der Waals surface area (Å²) in [5.41, 5.74) is 2.35. The smallest absolute Gasteiger partial charge is 0.0571 e. The van der Waals surface area contributed by atoms with Gasteiger partial charge in [0.2, 0.25) is 0 Å². The lowest BCUT2D eigenvalue weighted by molar-refractivity contribution is 0.336. The van der Waals surface area contributed by atoms with Crippen LogP contribution in [0.25, 0.3) is 0 Å². The first-order valence-electron chi connectivity index (χ1n) is 7.48. The zero-order chi connectivity index (χ0) is 13.8. The van der Waals surface area contributed by atoms with Crippen molar-refractivity contribution in [2.24, 2.45) is 5.92 Å².